The van der Waals surface area contributed by atoms with E-state index in [0.29, 0.717) is 16.1 Å². The van der Waals surface area contributed by atoms with E-state index in [-0.39, 0.29) is 0 Å². The molecule has 0 unspecified atom stereocenters. The maximum absolute atomic E-state index is 10.9. The fraction of sp³-hybridized carbons (Fsp3) is 0.111. The molecule has 2 rings (SSSR count). The van der Waals surface area contributed by atoms with Gasteiger partial charge in [-0.05, 0) is 18.2 Å². The van der Waals surface area contributed by atoms with E-state index in [9.17, 15) is 4.79 Å². The maximum atomic E-state index is 10.9. The number of benzene rings is 1. The monoisotopic (exact) mass is 208 g/mol. The summed E-state index contributed by atoms with van der Waals surface area (Å²) in [7, 11) is 1.75. The second-order valence-corrected chi connectivity index (χ2v) is 3.21. The molecular weight excluding hydrogens is 200 g/mol. The van der Waals surface area contributed by atoms with Crippen LogP contribution in [0, 0.1) is 0 Å². The molecule has 0 saturated carbocycles. The second-order valence-electron chi connectivity index (χ2n) is 2.80. The lowest BCUT2D eigenvalue weighted by Crippen LogP contribution is -2.16. The molecule has 0 spiro atoms. The summed E-state index contributed by atoms with van der Waals surface area (Å²) < 4.78 is 4.90. The number of aromatic nitrogens is 1. The van der Waals surface area contributed by atoms with Crippen molar-refractivity contribution in [1.29, 1.82) is 0 Å². The second kappa shape index (κ2) is 3.26. The van der Waals surface area contributed by atoms with Gasteiger partial charge < -0.3 is 9.73 Å². The first-order valence-electron chi connectivity index (χ1n) is 4.05. The fourth-order valence-corrected chi connectivity index (χ4v) is 1.36. The number of aromatic amines is 1. The molecule has 0 atom stereocenters. The molecule has 0 aliphatic rings. The zero-order valence-electron chi connectivity index (χ0n) is 7.46. The van der Waals surface area contributed by atoms with E-state index in [0.717, 1.165) is 5.56 Å². The fourth-order valence-electron chi connectivity index (χ4n) is 1.23. The van der Waals surface area contributed by atoms with E-state index >= 15 is 0 Å². The molecule has 0 saturated heterocycles. The number of rotatable bonds is 1. The smallest absolute Gasteiger partial charge is 0.408 e. The van der Waals surface area contributed by atoms with Crippen molar-refractivity contribution in [2.24, 2.45) is 0 Å². The number of hydrogen-bond donors (Lipinski definition) is 2. The summed E-state index contributed by atoms with van der Waals surface area (Å²) in [5.41, 5.74) is 2.03. The highest BCUT2D eigenvalue weighted by atomic mass is 32.1. The third-order valence-electron chi connectivity index (χ3n) is 1.91. The van der Waals surface area contributed by atoms with Crippen molar-refractivity contribution in [3.63, 3.8) is 0 Å². The third kappa shape index (κ3) is 1.42. The topological polar surface area (TPSA) is 58.0 Å². The average molecular weight is 208 g/mol. The van der Waals surface area contributed by atoms with Crippen LogP contribution in [0.15, 0.2) is 27.4 Å². The number of nitrogens with one attached hydrogen (secondary N) is 2. The van der Waals surface area contributed by atoms with E-state index in [2.05, 4.69) is 10.3 Å². The first-order valence-corrected chi connectivity index (χ1v) is 4.46. The molecule has 1 heterocycles. The van der Waals surface area contributed by atoms with Gasteiger partial charge in [-0.1, -0.05) is 12.2 Å². The van der Waals surface area contributed by atoms with Crippen molar-refractivity contribution in [1.82, 2.24) is 10.3 Å². The summed E-state index contributed by atoms with van der Waals surface area (Å²) in [5.74, 6) is -0.451. The van der Waals surface area contributed by atoms with Gasteiger partial charge in [0.15, 0.2) is 5.58 Å². The minimum Gasteiger partial charge on any atom is -0.408 e. The van der Waals surface area contributed by atoms with Gasteiger partial charge in [-0.2, -0.15) is 0 Å². The van der Waals surface area contributed by atoms with Gasteiger partial charge >= 0.3 is 5.76 Å². The molecule has 2 aromatic rings. The van der Waals surface area contributed by atoms with Gasteiger partial charge in [0.05, 0.1) is 5.52 Å². The molecule has 0 radical (unpaired) electrons. The summed E-state index contributed by atoms with van der Waals surface area (Å²) >= 11 is 5.05. The average Bonchev–Trinajstić information content (AvgIpc) is 2.55. The standard InChI is InChI=1S/C9H8N2O2S/c1-10-8(14)5-2-3-6-7(4-5)13-9(12)11-6/h2-4H,1H3,(H,10,14)(H,11,12). The summed E-state index contributed by atoms with van der Waals surface area (Å²) in [5, 5.41) is 2.85. The summed E-state index contributed by atoms with van der Waals surface area (Å²) in [6.07, 6.45) is 0. The van der Waals surface area contributed by atoms with E-state index < -0.39 is 5.76 Å². The molecule has 1 aromatic carbocycles. The molecule has 0 aliphatic carbocycles. The van der Waals surface area contributed by atoms with E-state index in [1.165, 1.54) is 0 Å². The van der Waals surface area contributed by atoms with Gasteiger partial charge in [-0.3, -0.25) is 4.98 Å². The Balaban J connectivity index is 2.61. The van der Waals surface area contributed by atoms with Gasteiger partial charge in [0.1, 0.15) is 4.99 Å². The Kier molecular flexibility index (Phi) is 2.09. The van der Waals surface area contributed by atoms with Crippen molar-refractivity contribution in [3.8, 4) is 0 Å². The molecule has 4 nitrogen and oxygen atoms in total. The van der Waals surface area contributed by atoms with Gasteiger partial charge in [-0.15, -0.1) is 0 Å². The van der Waals surface area contributed by atoms with Crippen LogP contribution in [-0.2, 0) is 0 Å². The van der Waals surface area contributed by atoms with Gasteiger partial charge in [0.2, 0.25) is 0 Å². The van der Waals surface area contributed by atoms with Crippen LogP contribution in [0.5, 0.6) is 0 Å². The summed E-state index contributed by atoms with van der Waals surface area (Å²) in [6.45, 7) is 0. The van der Waals surface area contributed by atoms with Crippen LogP contribution in [0.1, 0.15) is 5.56 Å². The molecule has 0 amide bonds. The van der Waals surface area contributed by atoms with E-state index in [1.807, 2.05) is 6.07 Å². The number of fused-ring (bicyclic) bond motifs is 1. The molecule has 2 N–H and O–H groups in total. The van der Waals surface area contributed by atoms with Crippen molar-refractivity contribution >= 4 is 28.3 Å². The predicted molar refractivity (Wildman–Crippen MR) is 57.6 cm³/mol. The van der Waals surface area contributed by atoms with Crippen LogP contribution in [-0.4, -0.2) is 17.0 Å². The highest BCUT2D eigenvalue weighted by Crippen LogP contribution is 2.12. The molecule has 0 fully saturated rings. The van der Waals surface area contributed by atoms with Gasteiger partial charge in [0.25, 0.3) is 0 Å². The van der Waals surface area contributed by atoms with Gasteiger partial charge in [0, 0.05) is 12.6 Å². The van der Waals surface area contributed by atoms with Crippen LogP contribution in [0.4, 0.5) is 0 Å². The molecule has 0 aliphatic heterocycles. The van der Waals surface area contributed by atoms with Crippen molar-refractivity contribution in [2.45, 2.75) is 0 Å². The van der Waals surface area contributed by atoms with Crippen molar-refractivity contribution < 1.29 is 4.42 Å². The Morgan fingerprint density at radius 1 is 1.57 bits per heavy atom. The molecule has 1 aromatic heterocycles. The van der Waals surface area contributed by atoms with Crippen molar-refractivity contribution in [2.75, 3.05) is 7.05 Å². The SMILES string of the molecule is CNC(=S)c1ccc2[nH]c(=O)oc2c1. The van der Waals surface area contributed by atoms with Crippen molar-refractivity contribution in [3.05, 3.63) is 34.3 Å². The summed E-state index contributed by atoms with van der Waals surface area (Å²) in [4.78, 5) is 14.0. The molecule has 72 valence electrons. The van der Waals surface area contributed by atoms with Crippen LogP contribution < -0.4 is 11.1 Å². The predicted octanol–water partition coefficient (Wildman–Crippen LogP) is 1.02. The zero-order chi connectivity index (χ0) is 10.1. The maximum Gasteiger partial charge on any atom is 0.417 e. The molecule has 0 bridgehead atoms. The quantitative estimate of drug-likeness (QED) is 0.687. The molecule has 14 heavy (non-hydrogen) atoms. The lowest BCUT2D eigenvalue weighted by molar-refractivity contribution is 0.555. The first-order chi connectivity index (χ1) is 6.70. The minimum atomic E-state index is -0.451. The highest BCUT2D eigenvalue weighted by molar-refractivity contribution is 7.80. The Hall–Kier alpha value is -1.62. The van der Waals surface area contributed by atoms with E-state index in [4.69, 9.17) is 16.6 Å². The largest absolute Gasteiger partial charge is 0.417 e. The number of H-pyrrole nitrogens is 1. The Morgan fingerprint density at radius 2 is 2.36 bits per heavy atom. The van der Waals surface area contributed by atoms with Crippen LogP contribution >= 0.6 is 12.2 Å². The van der Waals surface area contributed by atoms with Crippen LogP contribution in [0.25, 0.3) is 11.1 Å². The van der Waals surface area contributed by atoms with Gasteiger partial charge in [-0.25, -0.2) is 4.79 Å². The third-order valence-corrected chi connectivity index (χ3v) is 2.35. The zero-order valence-corrected chi connectivity index (χ0v) is 8.27. The summed E-state index contributed by atoms with van der Waals surface area (Å²) in [6, 6.07) is 5.32. The normalized spacial score (nSPS) is 10.4. The first kappa shape index (κ1) is 8.96. The molecule has 5 heteroatoms. The lowest BCUT2D eigenvalue weighted by atomic mass is 10.2. The van der Waals surface area contributed by atoms with Crippen LogP contribution in [0.2, 0.25) is 0 Å². The number of thiocarbonyl (C=S) groups is 1. The Bertz CT molecular complexity index is 541. The van der Waals surface area contributed by atoms with E-state index in [1.54, 1.807) is 19.2 Å². The Morgan fingerprint density at radius 3 is 3.07 bits per heavy atom. The minimum absolute atomic E-state index is 0.451. The Labute approximate surface area is 84.9 Å². The number of oxazole rings is 1. The van der Waals surface area contributed by atoms with Crippen LogP contribution in [0.3, 0.4) is 0 Å². The number of hydrogen-bond acceptors (Lipinski definition) is 3. The molecular formula is C9H8N2O2S. The highest BCUT2D eigenvalue weighted by Gasteiger charge is 2.04. The lowest BCUT2D eigenvalue weighted by Gasteiger charge is -2.00.